The maximum Gasteiger partial charge on any atom is 0.157 e. The Kier molecular flexibility index (Phi) is 2.11. The predicted molar refractivity (Wildman–Crippen MR) is 39.9 cm³/mol. The molecule has 0 spiro atoms. The Hall–Kier alpha value is -1.51. The van der Waals surface area contributed by atoms with E-state index < -0.39 is 0 Å². The molecule has 1 aromatic rings. The Bertz CT molecular complexity index is 281. The van der Waals surface area contributed by atoms with Crippen LogP contribution in [0.3, 0.4) is 0 Å². The minimum atomic E-state index is -0.249. The summed E-state index contributed by atoms with van der Waals surface area (Å²) in [6, 6.07) is 4.06. The number of aromatic hydroxyl groups is 2. The van der Waals surface area contributed by atoms with Crippen molar-refractivity contribution in [1.29, 1.82) is 0 Å². The number of halogens is 1. The van der Waals surface area contributed by atoms with E-state index in [1.807, 2.05) is 0 Å². The molecule has 2 nitrogen and oxygen atoms in total. The van der Waals surface area contributed by atoms with Gasteiger partial charge in [-0.2, -0.15) is 0 Å². The standard InChI is InChI=1S/C8H7FO2/c9-4-3-6-1-2-7(10)8(11)5-6/h1-5,10-11H/b4-3+. The number of phenolic OH excluding ortho intramolecular Hbond substituents is 2. The van der Waals surface area contributed by atoms with Crippen LogP contribution in [0.2, 0.25) is 0 Å². The fourth-order valence-corrected chi connectivity index (χ4v) is 0.717. The highest BCUT2D eigenvalue weighted by atomic mass is 19.1. The minimum absolute atomic E-state index is 0.207. The SMILES string of the molecule is Oc1ccc(/C=C/F)cc1O. The van der Waals surface area contributed by atoms with E-state index >= 15 is 0 Å². The van der Waals surface area contributed by atoms with Crippen LogP contribution in [0, 0.1) is 0 Å². The lowest BCUT2D eigenvalue weighted by Gasteiger charge is -1.96. The van der Waals surface area contributed by atoms with E-state index in [1.165, 1.54) is 24.3 Å². The molecule has 0 aromatic heterocycles. The molecular weight excluding hydrogens is 147 g/mol. The molecule has 0 saturated carbocycles. The molecule has 0 fully saturated rings. The van der Waals surface area contributed by atoms with Crippen molar-refractivity contribution in [3.05, 3.63) is 30.1 Å². The van der Waals surface area contributed by atoms with Crippen LogP contribution in [0.4, 0.5) is 4.39 Å². The van der Waals surface area contributed by atoms with Gasteiger partial charge in [-0.1, -0.05) is 6.07 Å². The lowest BCUT2D eigenvalue weighted by molar-refractivity contribution is 0.403. The molecule has 0 bridgehead atoms. The van der Waals surface area contributed by atoms with Crippen molar-refractivity contribution in [1.82, 2.24) is 0 Å². The summed E-state index contributed by atoms with van der Waals surface area (Å²) in [5.41, 5.74) is 0.503. The van der Waals surface area contributed by atoms with E-state index in [0.717, 1.165) is 0 Å². The van der Waals surface area contributed by atoms with Crippen molar-refractivity contribution in [2.75, 3.05) is 0 Å². The molecule has 1 aromatic carbocycles. The summed E-state index contributed by atoms with van der Waals surface area (Å²) in [6.45, 7) is 0. The summed E-state index contributed by atoms with van der Waals surface area (Å²) >= 11 is 0. The third-order valence-corrected chi connectivity index (χ3v) is 1.25. The van der Waals surface area contributed by atoms with E-state index in [0.29, 0.717) is 11.9 Å². The van der Waals surface area contributed by atoms with Crippen molar-refractivity contribution < 1.29 is 14.6 Å². The number of hydrogen-bond donors (Lipinski definition) is 2. The van der Waals surface area contributed by atoms with Crippen molar-refractivity contribution in [2.24, 2.45) is 0 Å². The molecule has 0 heterocycles. The van der Waals surface area contributed by atoms with Gasteiger partial charge in [-0.05, 0) is 23.8 Å². The number of hydrogen-bond acceptors (Lipinski definition) is 2. The second-order valence-corrected chi connectivity index (χ2v) is 2.04. The zero-order valence-electron chi connectivity index (χ0n) is 5.66. The van der Waals surface area contributed by atoms with E-state index in [9.17, 15) is 4.39 Å². The first-order chi connectivity index (χ1) is 5.24. The van der Waals surface area contributed by atoms with Crippen LogP contribution >= 0.6 is 0 Å². The molecule has 11 heavy (non-hydrogen) atoms. The monoisotopic (exact) mass is 154 g/mol. The van der Waals surface area contributed by atoms with Gasteiger partial charge in [0.2, 0.25) is 0 Å². The van der Waals surface area contributed by atoms with Gasteiger partial charge >= 0.3 is 0 Å². The van der Waals surface area contributed by atoms with Crippen LogP contribution < -0.4 is 0 Å². The normalized spacial score (nSPS) is 10.6. The lowest BCUT2D eigenvalue weighted by Crippen LogP contribution is -1.71. The van der Waals surface area contributed by atoms with Gasteiger partial charge in [0.1, 0.15) is 0 Å². The second kappa shape index (κ2) is 3.05. The molecule has 0 aliphatic carbocycles. The maximum atomic E-state index is 11.6. The van der Waals surface area contributed by atoms with Gasteiger partial charge in [0, 0.05) is 0 Å². The Labute approximate surface area is 63.2 Å². The third kappa shape index (κ3) is 1.70. The van der Waals surface area contributed by atoms with Crippen LogP contribution in [0.5, 0.6) is 11.5 Å². The van der Waals surface area contributed by atoms with Gasteiger partial charge in [0.25, 0.3) is 0 Å². The van der Waals surface area contributed by atoms with Crippen molar-refractivity contribution in [3.63, 3.8) is 0 Å². The zero-order chi connectivity index (χ0) is 8.27. The summed E-state index contributed by atoms with van der Waals surface area (Å²) in [4.78, 5) is 0. The van der Waals surface area contributed by atoms with Gasteiger partial charge in [0.05, 0.1) is 6.33 Å². The van der Waals surface area contributed by atoms with Gasteiger partial charge in [-0.3, -0.25) is 0 Å². The first-order valence-electron chi connectivity index (χ1n) is 3.03. The van der Waals surface area contributed by atoms with Crippen LogP contribution in [0.1, 0.15) is 5.56 Å². The highest BCUT2D eigenvalue weighted by Crippen LogP contribution is 2.25. The Morgan fingerprint density at radius 1 is 1.18 bits per heavy atom. The lowest BCUT2D eigenvalue weighted by atomic mass is 10.2. The topological polar surface area (TPSA) is 40.5 Å². The quantitative estimate of drug-likeness (QED) is 0.607. The number of rotatable bonds is 1. The Morgan fingerprint density at radius 2 is 1.91 bits per heavy atom. The molecule has 3 heteroatoms. The molecule has 1 rings (SSSR count). The van der Waals surface area contributed by atoms with Gasteiger partial charge in [-0.25, -0.2) is 4.39 Å². The van der Waals surface area contributed by atoms with Crippen LogP contribution in [-0.4, -0.2) is 10.2 Å². The summed E-state index contributed by atoms with van der Waals surface area (Å²) in [6.07, 6.45) is 1.55. The van der Waals surface area contributed by atoms with E-state index in [-0.39, 0.29) is 11.5 Å². The fraction of sp³-hybridized carbons (Fsp3) is 0. The molecule has 0 saturated heterocycles. The molecule has 0 amide bonds. The molecule has 0 radical (unpaired) electrons. The average Bonchev–Trinajstić information content (AvgIpc) is 1.98. The van der Waals surface area contributed by atoms with Gasteiger partial charge in [-0.15, -0.1) is 0 Å². The maximum absolute atomic E-state index is 11.6. The molecule has 0 aliphatic heterocycles. The predicted octanol–water partition coefficient (Wildman–Crippen LogP) is 2.04. The summed E-state index contributed by atoms with van der Waals surface area (Å²) in [7, 11) is 0. The van der Waals surface area contributed by atoms with Crippen molar-refractivity contribution in [3.8, 4) is 11.5 Å². The van der Waals surface area contributed by atoms with Crippen molar-refractivity contribution >= 4 is 6.08 Å². The van der Waals surface area contributed by atoms with Crippen LogP contribution in [0.15, 0.2) is 24.5 Å². The smallest absolute Gasteiger partial charge is 0.157 e. The van der Waals surface area contributed by atoms with Crippen LogP contribution in [0.25, 0.3) is 6.08 Å². The van der Waals surface area contributed by atoms with E-state index in [4.69, 9.17) is 10.2 Å². The van der Waals surface area contributed by atoms with E-state index in [2.05, 4.69) is 0 Å². The Morgan fingerprint density at radius 3 is 2.45 bits per heavy atom. The molecular formula is C8H7FO2. The molecule has 0 unspecified atom stereocenters. The number of benzene rings is 1. The Balaban J connectivity index is 3.05. The first-order valence-corrected chi connectivity index (χ1v) is 3.03. The molecule has 2 N–H and O–H groups in total. The molecule has 58 valence electrons. The van der Waals surface area contributed by atoms with Crippen molar-refractivity contribution in [2.45, 2.75) is 0 Å². The first kappa shape index (κ1) is 7.60. The average molecular weight is 154 g/mol. The van der Waals surface area contributed by atoms with Gasteiger partial charge < -0.3 is 10.2 Å². The fourth-order valence-electron chi connectivity index (χ4n) is 0.717. The highest BCUT2D eigenvalue weighted by molar-refractivity contribution is 5.54. The number of phenols is 2. The minimum Gasteiger partial charge on any atom is -0.504 e. The highest BCUT2D eigenvalue weighted by Gasteiger charge is 1.96. The van der Waals surface area contributed by atoms with Gasteiger partial charge in [0.15, 0.2) is 11.5 Å². The third-order valence-electron chi connectivity index (χ3n) is 1.25. The van der Waals surface area contributed by atoms with E-state index in [1.54, 1.807) is 0 Å². The van der Waals surface area contributed by atoms with Crippen LogP contribution in [-0.2, 0) is 0 Å². The molecule has 0 aliphatic rings. The largest absolute Gasteiger partial charge is 0.504 e. The zero-order valence-corrected chi connectivity index (χ0v) is 5.66. The molecule has 0 atom stereocenters. The summed E-state index contributed by atoms with van der Waals surface area (Å²) in [5, 5.41) is 17.8. The second-order valence-electron chi connectivity index (χ2n) is 2.04. The summed E-state index contributed by atoms with van der Waals surface area (Å²) in [5.74, 6) is -0.457. The summed E-state index contributed by atoms with van der Waals surface area (Å²) < 4.78 is 11.6.